The van der Waals surface area contributed by atoms with Crippen molar-refractivity contribution in [2.75, 3.05) is 25.6 Å². The molecule has 0 spiro atoms. The summed E-state index contributed by atoms with van der Waals surface area (Å²) >= 11 is 6.08. The third-order valence-electron chi connectivity index (χ3n) is 4.21. The highest BCUT2D eigenvalue weighted by Gasteiger charge is 2.40. The second-order valence-corrected chi connectivity index (χ2v) is 6.78. The third-order valence-corrected chi connectivity index (χ3v) is 4.50. The summed E-state index contributed by atoms with van der Waals surface area (Å²) in [5.74, 6) is -0.0365. The van der Waals surface area contributed by atoms with Gasteiger partial charge in [-0.05, 0) is 37.3 Å². The zero-order chi connectivity index (χ0) is 18.7. The predicted octanol–water partition coefficient (Wildman–Crippen LogP) is 4.18. The molecule has 26 heavy (non-hydrogen) atoms. The fourth-order valence-electron chi connectivity index (χ4n) is 2.58. The summed E-state index contributed by atoms with van der Waals surface area (Å²) in [5, 5.41) is 3.22. The Morgan fingerprint density at radius 3 is 2.46 bits per heavy atom. The fraction of sp³-hybridized carbons (Fsp3) is 0.316. The lowest BCUT2D eigenvalue weighted by atomic mass is 9.90. The highest BCUT2D eigenvalue weighted by atomic mass is 35.5. The van der Waals surface area contributed by atoms with Crippen molar-refractivity contribution >= 4 is 23.2 Å². The van der Waals surface area contributed by atoms with Crippen LogP contribution >= 0.6 is 11.6 Å². The monoisotopic (exact) mass is 379 g/mol. The molecule has 0 atom stereocenters. The summed E-state index contributed by atoms with van der Waals surface area (Å²) in [7, 11) is 1.52. The Morgan fingerprint density at radius 2 is 1.88 bits per heavy atom. The molecule has 1 saturated heterocycles. The third kappa shape index (κ3) is 3.98. The smallest absolute Gasteiger partial charge is 0.234 e. The first-order valence-electron chi connectivity index (χ1n) is 8.05. The van der Waals surface area contributed by atoms with Crippen molar-refractivity contribution in [1.29, 1.82) is 0 Å². The van der Waals surface area contributed by atoms with E-state index < -0.39 is 11.7 Å². The van der Waals surface area contributed by atoms with Crippen molar-refractivity contribution in [2.45, 2.75) is 13.2 Å². The number of amides is 1. The van der Waals surface area contributed by atoms with Crippen LogP contribution in [0.4, 0.5) is 10.1 Å². The second kappa shape index (κ2) is 7.61. The van der Waals surface area contributed by atoms with Crippen LogP contribution in [0.3, 0.4) is 0 Å². The Morgan fingerprint density at radius 1 is 1.23 bits per heavy atom. The van der Waals surface area contributed by atoms with Crippen LogP contribution in [0.25, 0.3) is 0 Å². The number of carbonyl (C=O) groups is 1. The molecule has 0 radical (unpaired) electrons. The molecule has 0 aromatic heterocycles. The summed E-state index contributed by atoms with van der Waals surface area (Å²) in [6, 6.07) is 10.9. The molecule has 1 aliphatic rings. The molecule has 1 fully saturated rings. The number of hydrogen-bond donors (Lipinski definition) is 1. The van der Waals surface area contributed by atoms with E-state index >= 15 is 0 Å². The first-order chi connectivity index (χ1) is 12.4. The van der Waals surface area contributed by atoms with Crippen LogP contribution in [0, 0.1) is 11.2 Å². The molecule has 0 aliphatic carbocycles. The van der Waals surface area contributed by atoms with Gasteiger partial charge in [0, 0.05) is 11.3 Å². The lowest BCUT2D eigenvalue weighted by Crippen LogP contribution is -2.45. The van der Waals surface area contributed by atoms with Gasteiger partial charge in [-0.2, -0.15) is 0 Å². The minimum absolute atomic E-state index is 0.171. The maximum atomic E-state index is 13.0. The molecule has 1 aliphatic heterocycles. The van der Waals surface area contributed by atoms with Gasteiger partial charge < -0.3 is 19.5 Å². The first-order valence-corrected chi connectivity index (χ1v) is 8.43. The topological polar surface area (TPSA) is 56.8 Å². The standard InChI is InChI=1S/C19H19ClFNO4/c1-19(18(23)22-14-7-8-16(24-2)15(20)9-14)10-25-17(26-11-19)12-3-5-13(21)6-4-12/h3-9,17H,10-11H2,1-2H3,(H,22,23). The molecule has 2 aromatic carbocycles. The molecular weight excluding hydrogens is 361 g/mol. The van der Waals surface area contributed by atoms with Crippen molar-refractivity contribution in [3.05, 3.63) is 58.9 Å². The molecule has 0 bridgehead atoms. The van der Waals surface area contributed by atoms with Crippen LogP contribution < -0.4 is 10.1 Å². The van der Waals surface area contributed by atoms with Crippen LogP contribution in [0.5, 0.6) is 5.75 Å². The second-order valence-electron chi connectivity index (χ2n) is 6.37. The molecule has 1 N–H and O–H groups in total. The lowest BCUT2D eigenvalue weighted by molar-refractivity contribution is -0.226. The van der Waals surface area contributed by atoms with Crippen molar-refractivity contribution in [2.24, 2.45) is 5.41 Å². The number of ether oxygens (including phenoxy) is 3. The predicted molar refractivity (Wildman–Crippen MR) is 95.8 cm³/mol. The number of carbonyl (C=O) groups excluding carboxylic acids is 1. The van der Waals surface area contributed by atoms with E-state index in [-0.39, 0.29) is 24.9 Å². The zero-order valence-corrected chi connectivity index (χ0v) is 15.2. The number of benzene rings is 2. The number of methoxy groups -OCH3 is 1. The van der Waals surface area contributed by atoms with E-state index in [1.165, 1.54) is 19.2 Å². The summed E-state index contributed by atoms with van der Waals surface area (Å²) in [5.41, 5.74) is 0.404. The van der Waals surface area contributed by atoms with Crippen molar-refractivity contribution < 1.29 is 23.4 Å². The molecule has 2 aromatic rings. The number of nitrogens with one attached hydrogen (secondary N) is 1. The van der Waals surface area contributed by atoms with E-state index in [0.29, 0.717) is 22.0 Å². The molecule has 1 amide bonds. The van der Waals surface area contributed by atoms with Gasteiger partial charge in [-0.3, -0.25) is 4.79 Å². The van der Waals surface area contributed by atoms with Gasteiger partial charge in [0.25, 0.3) is 0 Å². The van der Waals surface area contributed by atoms with Crippen LogP contribution in [0.15, 0.2) is 42.5 Å². The highest BCUT2D eigenvalue weighted by Crippen LogP contribution is 2.33. The summed E-state index contributed by atoms with van der Waals surface area (Å²) < 4.78 is 29.5. The minimum atomic E-state index is -0.858. The van der Waals surface area contributed by atoms with E-state index in [0.717, 1.165) is 0 Å². The molecule has 0 saturated carbocycles. The normalized spacial score (nSPS) is 22.7. The van der Waals surface area contributed by atoms with Gasteiger partial charge in [0.15, 0.2) is 6.29 Å². The van der Waals surface area contributed by atoms with Gasteiger partial charge in [-0.15, -0.1) is 0 Å². The molecule has 7 heteroatoms. The van der Waals surface area contributed by atoms with E-state index in [1.807, 2.05) is 0 Å². The minimum Gasteiger partial charge on any atom is -0.495 e. The van der Waals surface area contributed by atoms with Gasteiger partial charge in [-0.1, -0.05) is 23.7 Å². The average Bonchev–Trinajstić information content (AvgIpc) is 2.63. The molecule has 0 unspecified atom stereocenters. The summed E-state index contributed by atoms with van der Waals surface area (Å²) in [4.78, 5) is 12.6. The van der Waals surface area contributed by atoms with Crippen LogP contribution in [-0.2, 0) is 14.3 Å². The van der Waals surface area contributed by atoms with Crippen molar-refractivity contribution in [3.63, 3.8) is 0 Å². The molecular formula is C19H19ClFNO4. The SMILES string of the molecule is COc1ccc(NC(=O)C2(C)COC(c3ccc(F)cc3)OC2)cc1Cl. The number of rotatable bonds is 4. The zero-order valence-electron chi connectivity index (χ0n) is 14.4. The lowest BCUT2D eigenvalue weighted by Gasteiger charge is -2.36. The van der Waals surface area contributed by atoms with Gasteiger partial charge in [-0.25, -0.2) is 4.39 Å². The van der Waals surface area contributed by atoms with Gasteiger partial charge >= 0.3 is 0 Å². The highest BCUT2D eigenvalue weighted by molar-refractivity contribution is 6.32. The van der Waals surface area contributed by atoms with Crippen molar-refractivity contribution in [3.8, 4) is 5.75 Å². The molecule has 3 rings (SSSR count). The summed E-state index contributed by atoms with van der Waals surface area (Å²) in [6.07, 6.45) is -0.619. The molecule has 5 nitrogen and oxygen atoms in total. The fourth-order valence-corrected chi connectivity index (χ4v) is 2.84. The van der Waals surface area contributed by atoms with Gasteiger partial charge in [0.2, 0.25) is 5.91 Å². The Bertz CT molecular complexity index is 789. The van der Waals surface area contributed by atoms with E-state index in [9.17, 15) is 9.18 Å². The van der Waals surface area contributed by atoms with Crippen molar-refractivity contribution in [1.82, 2.24) is 0 Å². The quantitative estimate of drug-likeness (QED) is 0.865. The Kier molecular flexibility index (Phi) is 5.46. The van der Waals surface area contributed by atoms with Gasteiger partial charge in [0.1, 0.15) is 11.6 Å². The van der Waals surface area contributed by atoms with Crippen LogP contribution in [0.2, 0.25) is 5.02 Å². The summed E-state index contributed by atoms with van der Waals surface area (Å²) in [6.45, 7) is 2.10. The largest absolute Gasteiger partial charge is 0.495 e. The van der Waals surface area contributed by atoms with E-state index in [1.54, 1.807) is 37.3 Å². The number of anilines is 1. The van der Waals surface area contributed by atoms with Crippen LogP contribution in [0.1, 0.15) is 18.8 Å². The van der Waals surface area contributed by atoms with Gasteiger partial charge in [0.05, 0.1) is 30.8 Å². The Hall–Kier alpha value is -2.15. The first kappa shape index (κ1) is 18.6. The van der Waals surface area contributed by atoms with E-state index in [2.05, 4.69) is 5.32 Å². The maximum Gasteiger partial charge on any atom is 0.234 e. The van der Waals surface area contributed by atoms with E-state index in [4.69, 9.17) is 25.8 Å². The molecule has 138 valence electrons. The Balaban J connectivity index is 1.63. The average molecular weight is 380 g/mol. The number of halogens is 2. The number of hydrogen-bond acceptors (Lipinski definition) is 4. The maximum absolute atomic E-state index is 13.0. The Labute approximate surface area is 156 Å². The van der Waals surface area contributed by atoms with Crippen LogP contribution in [-0.4, -0.2) is 26.2 Å². The molecule has 1 heterocycles.